The van der Waals surface area contributed by atoms with Crippen LogP contribution in [0, 0.1) is 6.92 Å². The predicted octanol–water partition coefficient (Wildman–Crippen LogP) is 5.73. The van der Waals surface area contributed by atoms with E-state index in [0.29, 0.717) is 0 Å². The Hall–Kier alpha value is -1.41. The van der Waals surface area contributed by atoms with Gasteiger partial charge in [0.05, 0.1) is 13.8 Å². The van der Waals surface area contributed by atoms with E-state index >= 15 is 0 Å². The molecule has 1 aromatic carbocycles. The van der Waals surface area contributed by atoms with Crippen LogP contribution >= 0.6 is 0 Å². The molecule has 124 valence electrons. The highest BCUT2D eigenvalue weighted by Crippen LogP contribution is 2.23. The SMILES string of the molecule is CCCCCCc1cc(-c2ccccc2C)ncc1[Si](C)(C)C. The molecule has 0 amide bonds. The summed E-state index contributed by atoms with van der Waals surface area (Å²) in [7, 11) is -1.35. The Morgan fingerprint density at radius 1 is 1.00 bits per heavy atom. The highest BCUT2D eigenvalue weighted by atomic mass is 28.3. The van der Waals surface area contributed by atoms with Gasteiger partial charge in [0, 0.05) is 11.8 Å². The number of rotatable bonds is 7. The molecule has 2 rings (SSSR count). The molecule has 0 N–H and O–H groups in total. The van der Waals surface area contributed by atoms with Gasteiger partial charge >= 0.3 is 0 Å². The summed E-state index contributed by atoms with van der Waals surface area (Å²) >= 11 is 0. The first-order valence-electron chi connectivity index (χ1n) is 8.99. The molecular formula is C21H31NSi. The maximum atomic E-state index is 4.82. The number of aromatic nitrogens is 1. The fraction of sp³-hybridized carbons (Fsp3) is 0.476. The second kappa shape index (κ2) is 7.92. The standard InChI is InChI=1S/C21H31NSi/c1-6-7-8-9-13-18-15-20(19-14-11-10-12-17(19)2)22-16-21(18)23(3,4)5/h10-12,14-16H,6-9,13H2,1-5H3. The zero-order valence-corrected chi connectivity index (χ0v) is 16.4. The third-order valence-electron chi connectivity index (χ3n) is 4.52. The average Bonchev–Trinajstić information content (AvgIpc) is 2.51. The van der Waals surface area contributed by atoms with Crippen molar-refractivity contribution >= 4 is 13.3 Å². The Morgan fingerprint density at radius 2 is 1.74 bits per heavy atom. The van der Waals surface area contributed by atoms with Crippen molar-refractivity contribution in [1.82, 2.24) is 4.98 Å². The summed E-state index contributed by atoms with van der Waals surface area (Å²) in [5, 5.41) is 1.53. The van der Waals surface area contributed by atoms with Gasteiger partial charge in [-0.25, -0.2) is 0 Å². The maximum absolute atomic E-state index is 4.82. The summed E-state index contributed by atoms with van der Waals surface area (Å²) in [6, 6.07) is 10.9. The zero-order chi connectivity index (χ0) is 16.9. The van der Waals surface area contributed by atoms with Gasteiger partial charge < -0.3 is 0 Å². The normalized spacial score (nSPS) is 11.7. The molecule has 0 unspecified atom stereocenters. The van der Waals surface area contributed by atoms with Crippen LogP contribution in [0.4, 0.5) is 0 Å². The second-order valence-corrected chi connectivity index (χ2v) is 12.6. The van der Waals surface area contributed by atoms with Gasteiger partial charge in [-0.15, -0.1) is 0 Å². The van der Waals surface area contributed by atoms with E-state index in [9.17, 15) is 0 Å². The van der Waals surface area contributed by atoms with Crippen LogP contribution in [0.25, 0.3) is 11.3 Å². The lowest BCUT2D eigenvalue weighted by atomic mass is 10.0. The number of hydrogen-bond donors (Lipinski definition) is 0. The molecule has 0 aliphatic rings. The van der Waals surface area contributed by atoms with Gasteiger partial charge in [0.1, 0.15) is 0 Å². The minimum atomic E-state index is -1.35. The van der Waals surface area contributed by atoms with E-state index in [1.165, 1.54) is 54.0 Å². The smallest absolute Gasteiger partial charge is 0.0799 e. The summed E-state index contributed by atoms with van der Waals surface area (Å²) < 4.78 is 0. The van der Waals surface area contributed by atoms with E-state index in [4.69, 9.17) is 4.98 Å². The Kier molecular flexibility index (Phi) is 6.17. The molecule has 0 fully saturated rings. The van der Waals surface area contributed by atoms with E-state index < -0.39 is 8.07 Å². The van der Waals surface area contributed by atoms with Crippen molar-refractivity contribution in [3.63, 3.8) is 0 Å². The highest BCUT2D eigenvalue weighted by Gasteiger charge is 2.21. The van der Waals surface area contributed by atoms with Gasteiger partial charge in [0.15, 0.2) is 0 Å². The molecule has 0 radical (unpaired) electrons. The lowest BCUT2D eigenvalue weighted by Gasteiger charge is -2.21. The van der Waals surface area contributed by atoms with Crippen LogP contribution in [0.5, 0.6) is 0 Å². The summed E-state index contributed by atoms with van der Waals surface area (Å²) in [5.41, 5.74) is 5.24. The van der Waals surface area contributed by atoms with Crippen LogP contribution in [0.15, 0.2) is 36.5 Å². The van der Waals surface area contributed by atoms with Crippen LogP contribution in [-0.4, -0.2) is 13.1 Å². The summed E-state index contributed by atoms with van der Waals surface area (Å²) in [4.78, 5) is 4.82. The fourth-order valence-corrected chi connectivity index (χ4v) is 4.74. The molecule has 23 heavy (non-hydrogen) atoms. The first-order chi connectivity index (χ1) is 10.9. The molecule has 1 aromatic heterocycles. The van der Waals surface area contributed by atoms with Crippen molar-refractivity contribution in [2.24, 2.45) is 0 Å². The van der Waals surface area contributed by atoms with Crippen LogP contribution in [0.3, 0.4) is 0 Å². The topological polar surface area (TPSA) is 12.9 Å². The number of hydrogen-bond acceptors (Lipinski definition) is 1. The first-order valence-corrected chi connectivity index (χ1v) is 12.5. The van der Waals surface area contributed by atoms with E-state index in [2.05, 4.69) is 70.0 Å². The number of nitrogens with zero attached hydrogens (tertiary/aromatic N) is 1. The van der Waals surface area contributed by atoms with Crippen molar-refractivity contribution < 1.29 is 0 Å². The fourth-order valence-electron chi connectivity index (χ4n) is 3.13. The molecule has 0 saturated carbocycles. The van der Waals surface area contributed by atoms with Gasteiger partial charge in [0.2, 0.25) is 0 Å². The Labute approximate surface area is 143 Å². The second-order valence-electron chi connectivity index (χ2n) is 7.60. The molecule has 0 saturated heterocycles. The molecule has 1 heterocycles. The van der Waals surface area contributed by atoms with Gasteiger partial charge in [-0.3, -0.25) is 4.98 Å². The van der Waals surface area contributed by atoms with E-state index in [-0.39, 0.29) is 0 Å². The molecule has 1 nitrogen and oxygen atoms in total. The maximum Gasteiger partial charge on any atom is 0.0799 e. The largest absolute Gasteiger partial charge is 0.256 e. The minimum absolute atomic E-state index is 1.13. The molecule has 0 bridgehead atoms. The molecule has 2 aromatic rings. The quantitative estimate of drug-likeness (QED) is 0.468. The summed E-state index contributed by atoms with van der Waals surface area (Å²) in [6.45, 7) is 11.7. The van der Waals surface area contributed by atoms with Crippen molar-refractivity contribution in [2.45, 2.75) is 65.6 Å². The highest BCUT2D eigenvalue weighted by molar-refractivity contribution is 6.89. The van der Waals surface area contributed by atoms with E-state index in [1.807, 2.05) is 0 Å². The van der Waals surface area contributed by atoms with E-state index in [0.717, 1.165) is 5.69 Å². The monoisotopic (exact) mass is 325 g/mol. The molecule has 0 atom stereocenters. The number of pyridine rings is 1. The van der Waals surface area contributed by atoms with Crippen LogP contribution in [0.1, 0.15) is 43.7 Å². The van der Waals surface area contributed by atoms with Gasteiger partial charge in [-0.2, -0.15) is 0 Å². The minimum Gasteiger partial charge on any atom is -0.256 e. The van der Waals surface area contributed by atoms with Gasteiger partial charge in [-0.1, -0.05) is 70.1 Å². The third-order valence-corrected chi connectivity index (χ3v) is 6.58. The molecule has 0 spiro atoms. The number of aryl methyl sites for hydroxylation is 2. The predicted molar refractivity (Wildman–Crippen MR) is 105 cm³/mol. The van der Waals surface area contributed by atoms with Gasteiger partial charge in [0.25, 0.3) is 0 Å². The number of unbranched alkanes of at least 4 members (excludes halogenated alkanes) is 3. The Bertz CT molecular complexity index is 641. The molecule has 0 aliphatic heterocycles. The first kappa shape index (κ1) is 17.9. The Balaban J connectivity index is 2.35. The van der Waals surface area contributed by atoms with E-state index in [1.54, 1.807) is 0 Å². The van der Waals surface area contributed by atoms with Crippen LogP contribution in [-0.2, 0) is 6.42 Å². The van der Waals surface area contributed by atoms with Gasteiger partial charge in [-0.05, 0) is 42.1 Å². The van der Waals surface area contributed by atoms with Crippen molar-refractivity contribution in [3.8, 4) is 11.3 Å². The molecule has 0 aliphatic carbocycles. The summed E-state index contributed by atoms with van der Waals surface area (Å²) in [6.07, 6.45) is 8.64. The van der Waals surface area contributed by atoms with Crippen molar-refractivity contribution in [2.75, 3.05) is 0 Å². The van der Waals surface area contributed by atoms with Crippen molar-refractivity contribution in [1.29, 1.82) is 0 Å². The van der Waals surface area contributed by atoms with Crippen LogP contribution < -0.4 is 5.19 Å². The molecule has 2 heteroatoms. The lowest BCUT2D eigenvalue weighted by molar-refractivity contribution is 0.667. The zero-order valence-electron chi connectivity index (χ0n) is 15.4. The van der Waals surface area contributed by atoms with Crippen LogP contribution in [0.2, 0.25) is 19.6 Å². The average molecular weight is 326 g/mol. The third kappa shape index (κ3) is 4.78. The number of benzene rings is 1. The molecular weight excluding hydrogens is 294 g/mol. The Morgan fingerprint density at radius 3 is 2.39 bits per heavy atom. The lowest BCUT2D eigenvalue weighted by Crippen LogP contribution is -2.40. The summed E-state index contributed by atoms with van der Waals surface area (Å²) in [5.74, 6) is 0. The van der Waals surface area contributed by atoms with Crippen molar-refractivity contribution in [3.05, 3.63) is 47.7 Å².